The Balaban J connectivity index is 0.00000300. The molecule has 1 fully saturated rings. The Morgan fingerprint density at radius 2 is 1.62 bits per heavy atom. The van der Waals surface area contributed by atoms with E-state index in [1.807, 2.05) is 17.0 Å². The summed E-state index contributed by atoms with van der Waals surface area (Å²) in [6.45, 7) is 1.94. The van der Waals surface area contributed by atoms with Crippen LogP contribution < -0.4 is 15.8 Å². The molecule has 1 aliphatic rings. The van der Waals surface area contributed by atoms with Crippen LogP contribution in [0.4, 0.5) is 5.69 Å². The number of sulfonamides is 1. The number of hydrogen-bond donors (Lipinski definition) is 2. The maximum Gasteiger partial charge on any atom is 0.240 e. The summed E-state index contributed by atoms with van der Waals surface area (Å²) in [7, 11) is -3.82. The Morgan fingerprint density at radius 1 is 1.03 bits per heavy atom. The first-order valence-electron chi connectivity index (χ1n) is 8.91. The van der Waals surface area contributed by atoms with Crippen LogP contribution in [0.1, 0.15) is 5.56 Å². The van der Waals surface area contributed by atoms with Gasteiger partial charge in [-0.3, -0.25) is 4.79 Å². The highest BCUT2D eigenvalue weighted by Crippen LogP contribution is 2.25. The number of nitrogens with zero attached hydrogens (tertiary/aromatic N) is 2. The molecule has 1 heterocycles. The molecule has 158 valence electrons. The monoisotopic (exact) mass is 458 g/mol. The molecule has 1 aliphatic heterocycles. The normalized spacial score (nSPS) is 15.6. The number of piperazine rings is 1. The maximum atomic E-state index is 12.7. The van der Waals surface area contributed by atoms with Crippen molar-refractivity contribution < 1.29 is 13.2 Å². The fourth-order valence-electron chi connectivity index (χ4n) is 3.32. The number of halogens is 2. The van der Waals surface area contributed by atoms with Crippen LogP contribution in [-0.4, -0.2) is 51.4 Å². The summed E-state index contributed by atoms with van der Waals surface area (Å²) >= 11 is 5.88. The second-order valence-corrected chi connectivity index (χ2v) is 8.73. The predicted octanol–water partition coefficient (Wildman–Crippen LogP) is 1.63. The lowest BCUT2D eigenvalue weighted by Gasteiger charge is -2.37. The molecule has 2 aromatic rings. The second-order valence-electron chi connectivity index (χ2n) is 6.76. The molecule has 1 atom stereocenters. The molecule has 7 nitrogen and oxygen atoms in total. The number of hydrogen-bond acceptors (Lipinski definition) is 5. The summed E-state index contributed by atoms with van der Waals surface area (Å²) in [5.41, 5.74) is 7.62. The predicted molar refractivity (Wildman–Crippen MR) is 117 cm³/mol. The van der Waals surface area contributed by atoms with E-state index in [0.29, 0.717) is 43.3 Å². The summed E-state index contributed by atoms with van der Waals surface area (Å²) in [5.74, 6) is -0.116. The minimum atomic E-state index is -3.82. The van der Waals surface area contributed by atoms with E-state index < -0.39 is 16.1 Å². The number of nitrogens with two attached hydrogens (primary N) is 2. The zero-order valence-corrected chi connectivity index (χ0v) is 18.1. The van der Waals surface area contributed by atoms with Gasteiger partial charge in [-0.1, -0.05) is 35.9 Å². The zero-order valence-electron chi connectivity index (χ0n) is 15.7. The van der Waals surface area contributed by atoms with Gasteiger partial charge in [-0.25, -0.2) is 13.6 Å². The molecule has 1 saturated heterocycles. The molecule has 3 rings (SSSR count). The lowest BCUT2D eigenvalue weighted by Crippen LogP contribution is -2.53. The van der Waals surface area contributed by atoms with E-state index in [-0.39, 0.29) is 23.2 Å². The minimum Gasteiger partial charge on any atom is -0.367 e. The van der Waals surface area contributed by atoms with Crippen LogP contribution in [0.15, 0.2) is 53.4 Å². The molecule has 29 heavy (non-hydrogen) atoms. The zero-order chi connectivity index (χ0) is 20.3. The highest BCUT2D eigenvalue weighted by Gasteiger charge is 2.27. The lowest BCUT2D eigenvalue weighted by atomic mass is 10.1. The topological polar surface area (TPSA) is 110 Å². The van der Waals surface area contributed by atoms with Crippen molar-refractivity contribution >= 4 is 45.6 Å². The molecule has 2 aromatic carbocycles. The van der Waals surface area contributed by atoms with Crippen molar-refractivity contribution in [3.05, 3.63) is 59.1 Å². The molecule has 10 heteroatoms. The molecule has 4 N–H and O–H groups in total. The molecule has 0 spiro atoms. The van der Waals surface area contributed by atoms with Crippen LogP contribution in [0, 0.1) is 0 Å². The van der Waals surface area contributed by atoms with Gasteiger partial charge in [-0.15, -0.1) is 12.4 Å². The average Bonchev–Trinajstić information content (AvgIpc) is 2.68. The third-order valence-corrected chi connectivity index (χ3v) is 6.00. The van der Waals surface area contributed by atoms with Crippen LogP contribution in [0.2, 0.25) is 5.02 Å². The summed E-state index contributed by atoms with van der Waals surface area (Å²) in [6, 6.07) is 13.3. The van der Waals surface area contributed by atoms with Crippen LogP contribution >= 0.6 is 24.0 Å². The molecule has 0 bridgehead atoms. The van der Waals surface area contributed by atoms with E-state index in [1.165, 1.54) is 6.07 Å². The number of carbonyl (C=O) groups excluding carboxylic acids is 1. The van der Waals surface area contributed by atoms with Gasteiger partial charge in [-0.05, 0) is 36.2 Å². The summed E-state index contributed by atoms with van der Waals surface area (Å²) in [4.78, 5) is 16.4. The highest BCUT2D eigenvalue weighted by molar-refractivity contribution is 7.89. The first-order chi connectivity index (χ1) is 13.3. The number of primary sulfonamides is 1. The van der Waals surface area contributed by atoms with Gasteiger partial charge in [0.2, 0.25) is 15.9 Å². The van der Waals surface area contributed by atoms with E-state index in [2.05, 4.69) is 0 Å². The molecular formula is C19H24Cl2N4O3S. The third-order valence-electron chi connectivity index (χ3n) is 4.79. The number of amides is 1. The van der Waals surface area contributed by atoms with Gasteiger partial charge in [0.1, 0.15) is 4.90 Å². The average molecular weight is 459 g/mol. The van der Waals surface area contributed by atoms with Crippen LogP contribution in [-0.2, 0) is 21.2 Å². The summed E-state index contributed by atoms with van der Waals surface area (Å²) in [5, 5.41) is 5.96. The van der Waals surface area contributed by atoms with Crippen molar-refractivity contribution in [3.63, 3.8) is 0 Å². The SMILES string of the molecule is Cl.NC(Cc1ccc(Cl)cc1)C(=O)N1CCN(c2ccccc2S(N)(=O)=O)CC1. The van der Waals surface area contributed by atoms with Gasteiger partial charge in [-0.2, -0.15) is 0 Å². The van der Waals surface area contributed by atoms with Crippen molar-refractivity contribution in [1.82, 2.24) is 4.90 Å². The van der Waals surface area contributed by atoms with Gasteiger partial charge >= 0.3 is 0 Å². The largest absolute Gasteiger partial charge is 0.367 e. The minimum absolute atomic E-state index is 0. The van der Waals surface area contributed by atoms with Crippen molar-refractivity contribution in [1.29, 1.82) is 0 Å². The quantitative estimate of drug-likeness (QED) is 0.707. The smallest absolute Gasteiger partial charge is 0.240 e. The van der Waals surface area contributed by atoms with Gasteiger partial charge in [0.25, 0.3) is 0 Å². The molecule has 0 saturated carbocycles. The number of benzene rings is 2. The lowest BCUT2D eigenvalue weighted by molar-refractivity contribution is -0.132. The molecule has 0 aliphatic carbocycles. The Hall–Kier alpha value is -1.84. The summed E-state index contributed by atoms with van der Waals surface area (Å²) in [6.07, 6.45) is 0.435. The molecule has 0 radical (unpaired) electrons. The van der Waals surface area contributed by atoms with E-state index in [0.717, 1.165) is 5.56 Å². The number of carbonyl (C=O) groups is 1. The van der Waals surface area contributed by atoms with Crippen molar-refractivity contribution in [2.75, 3.05) is 31.1 Å². The maximum absolute atomic E-state index is 12.7. The number of para-hydroxylation sites is 1. The molecule has 1 amide bonds. The van der Waals surface area contributed by atoms with Crippen LogP contribution in [0.3, 0.4) is 0 Å². The van der Waals surface area contributed by atoms with E-state index >= 15 is 0 Å². The van der Waals surface area contributed by atoms with E-state index in [4.69, 9.17) is 22.5 Å². The fourth-order valence-corrected chi connectivity index (χ4v) is 4.21. The van der Waals surface area contributed by atoms with Crippen LogP contribution in [0.25, 0.3) is 0 Å². The highest BCUT2D eigenvalue weighted by atomic mass is 35.5. The van der Waals surface area contributed by atoms with E-state index in [1.54, 1.807) is 35.2 Å². The Labute approximate surface area is 182 Å². The number of rotatable bonds is 5. The first-order valence-corrected chi connectivity index (χ1v) is 10.8. The van der Waals surface area contributed by atoms with Crippen molar-refractivity contribution in [3.8, 4) is 0 Å². The van der Waals surface area contributed by atoms with Gasteiger partial charge in [0.15, 0.2) is 0 Å². The molecule has 1 unspecified atom stereocenters. The van der Waals surface area contributed by atoms with E-state index in [9.17, 15) is 13.2 Å². The van der Waals surface area contributed by atoms with Gasteiger partial charge in [0, 0.05) is 31.2 Å². The van der Waals surface area contributed by atoms with Gasteiger partial charge < -0.3 is 15.5 Å². The number of anilines is 1. The summed E-state index contributed by atoms with van der Waals surface area (Å²) < 4.78 is 23.6. The first kappa shape index (κ1) is 23.4. The second kappa shape index (κ2) is 9.77. The van der Waals surface area contributed by atoms with Crippen LogP contribution in [0.5, 0.6) is 0 Å². The van der Waals surface area contributed by atoms with Gasteiger partial charge in [0.05, 0.1) is 11.7 Å². The fraction of sp³-hybridized carbons (Fsp3) is 0.316. The Kier molecular flexibility index (Phi) is 7.90. The molecule has 0 aromatic heterocycles. The Morgan fingerprint density at radius 3 is 2.21 bits per heavy atom. The Bertz CT molecular complexity index is 946. The third kappa shape index (κ3) is 5.83. The van der Waals surface area contributed by atoms with Crippen molar-refractivity contribution in [2.24, 2.45) is 10.9 Å². The van der Waals surface area contributed by atoms with Crippen molar-refractivity contribution in [2.45, 2.75) is 17.4 Å². The molecular weight excluding hydrogens is 435 g/mol. The standard InChI is InChI=1S/C19H23ClN4O3S.ClH/c20-15-7-5-14(6-8-15)13-16(21)19(25)24-11-9-23(10-12-24)17-3-1-2-4-18(17)28(22,26)27;/h1-8,16H,9-13,21H2,(H2,22,26,27);1H.